The van der Waals surface area contributed by atoms with Crippen LogP contribution < -0.4 is 10.6 Å². The van der Waals surface area contributed by atoms with Gasteiger partial charge in [0.1, 0.15) is 6.04 Å². The Morgan fingerprint density at radius 2 is 1.85 bits per heavy atom. The Morgan fingerprint density at radius 3 is 2.35 bits per heavy atom. The van der Waals surface area contributed by atoms with Crippen LogP contribution in [-0.2, 0) is 19.4 Å². The van der Waals surface area contributed by atoms with Gasteiger partial charge in [-0.15, -0.1) is 0 Å². The van der Waals surface area contributed by atoms with E-state index in [2.05, 4.69) is 10.6 Å². The summed E-state index contributed by atoms with van der Waals surface area (Å²) in [5.74, 6) is -1.17. The van der Waals surface area contributed by atoms with Crippen LogP contribution in [0.3, 0.4) is 0 Å². The van der Waals surface area contributed by atoms with Gasteiger partial charge in [0.05, 0.1) is 18.1 Å². The molecular weight excluding hydrogens is 284 g/mol. The van der Waals surface area contributed by atoms with Crippen molar-refractivity contribution in [3.05, 3.63) is 0 Å². The summed E-state index contributed by atoms with van der Waals surface area (Å²) in [6, 6.07) is -1.79. The lowest BCUT2D eigenvalue weighted by Crippen LogP contribution is -2.49. The SMILES string of the molecule is CCCCS(=O)(=O)C[C@@H](NC(=O)NC)C(=O)OCCC. The third-order valence-electron chi connectivity index (χ3n) is 2.49. The predicted octanol–water partition coefficient (Wildman–Crippen LogP) is 0.452. The minimum absolute atomic E-state index is 0.00349. The Bertz CT molecular complexity index is 408. The number of sulfone groups is 1. The number of nitrogens with one attached hydrogen (secondary N) is 2. The minimum atomic E-state index is -3.41. The molecular formula is C12H24N2O5S. The van der Waals surface area contributed by atoms with Crippen LogP contribution in [0.25, 0.3) is 0 Å². The van der Waals surface area contributed by atoms with E-state index in [9.17, 15) is 18.0 Å². The smallest absolute Gasteiger partial charge is 0.329 e. The lowest BCUT2D eigenvalue weighted by atomic mass is 10.3. The van der Waals surface area contributed by atoms with Crippen LogP contribution in [-0.4, -0.2) is 51.6 Å². The third kappa shape index (κ3) is 7.98. The van der Waals surface area contributed by atoms with Crippen LogP contribution in [0.15, 0.2) is 0 Å². The van der Waals surface area contributed by atoms with Gasteiger partial charge in [-0.25, -0.2) is 18.0 Å². The Hall–Kier alpha value is -1.31. The highest BCUT2D eigenvalue weighted by molar-refractivity contribution is 7.91. The van der Waals surface area contributed by atoms with Crippen molar-refractivity contribution in [2.45, 2.75) is 39.2 Å². The second kappa shape index (κ2) is 9.57. The molecule has 0 rings (SSSR count). The van der Waals surface area contributed by atoms with Crippen LogP contribution in [0, 0.1) is 0 Å². The van der Waals surface area contributed by atoms with Crippen molar-refractivity contribution in [1.29, 1.82) is 0 Å². The van der Waals surface area contributed by atoms with Crippen molar-refractivity contribution in [2.24, 2.45) is 0 Å². The first-order valence-corrected chi connectivity index (χ1v) is 8.53. The molecule has 0 saturated carbocycles. The van der Waals surface area contributed by atoms with Crippen molar-refractivity contribution in [1.82, 2.24) is 10.6 Å². The summed E-state index contributed by atoms with van der Waals surface area (Å²) in [5.41, 5.74) is 0. The van der Waals surface area contributed by atoms with Gasteiger partial charge in [-0.2, -0.15) is 0 Å². The molecule has 118 valence electrons. The zero-order valence-electron chi connectivity index (χ0n) is 12.3. The highest BCUT2D eigenvalue weighted by Gasteiger charge is 2.27. The van der Waals surface area contributed by atoms with Gasteiger partial charge in [0.25, 0.3) is 0 Å². The van der Waals surface area contributed by atoms with Gasteiger partial charge in [0.2, 0.25) is 0 Å². The standard InChI is InChI=1S/C12H24N2O5S/c1-4-6-8-20(17,18)9-10(14-12(16)13-3)11(15)19-7-5-2/h10H,4-9H2,1-3H3,(H2,13,14,16)/t10-/m1/s1. The van der Waals surface area contributed by atoms with Crippen molar-refractivity contribution in [3.63, 3.8) is 0 Å². The van der Waals surface area contributed by atoms with Crippen LogP contribution >= 0.6 is 0 Å². The van der Waals surface area contributed by atoms with E-state index in [0.717, 1.165) is 6.42 Å². The second-order valence-electron chi connectivity index (χ2n) is 4.41. The zero-order chi connectivity index (χ0) is 15.6. The monoisotopic (exact) mass is 308 g/mol. The Morgan fingerprint density at radius 1 is 1.20 bits per heavy atom. The largest absolute Gasteiger partial charge is 0.464 e. The van der Waals surface area contributed by atoms with Crippen LogP contribution in [0.4, 0.5) is 4.79 Å². The van der Waals surface area contributed by atoms with E-state index in [4.69, 9.17) is 4.74 Å². The number of rotatable bonds is 9. The molecule has 0 saturated heterocycles. The fourth-order valence-electron chi connectivity index (χ4n) is 1.40. The van der Waals surface area contributed by atoms with Crippen molar-refractivity contribution in [3.8, 4) is 0 Å². The van der Waals surface area contributed by atoms with E-state index >= 15 is 0 Å². The van der Waals surface area contributed by atoms with Crippen LogP contribution in [0.2, 0.25) is 0 Å². The molecule has 0 aromatic rings. The lowest BCUT2D eigenvalue weighted by molar-refractivity contribution is -0.145. The molecule has 20 heavy (non-hydrogen) atoms. The Balaban J connectivity index is 4.75. The van der Waals surface area contributed by atoms with E-state index in [1.54, 1.807) is 0 Å². The quantitative estimate of drug-likeness (QED) is 0.602. The highest BCUT2D eigenvalue weighted by Crippen LogP contribution is 2.02. The molecule has 0 bridgehead atoms. The Labute approximate surface area is 120 Å². The number of unbranched alkanes of at least 4 members (excludes halogenated alkanes) is 1. The third-order valence-corrected chi connectivity index (χ3v) is 4.25. The molecule has 0 unspecified atom stereocenters. The first-order chi connectivity index (χ1) is 9.36. The number of carbonyl (C=O) groups excluding carboxylic acids is 2. The average Bonchev–Trinajstić information content (AvgIpc) is 2.41. The number of amides is 2. The topological polar surface area (TPSA) is 102 Å². The maximum atomic E-state index is 11.9. The normalized spacial score (nSPS) is 12.6. The summed E-state index contributed by atoms with van der Waals surface area (Å²) in [4.78, 5) is 23.1. The first-order valence-electron chi connectivity index (χ1n) is 6.71. The van der Waals surface area contributed by atoms with Gasteiger partial charge >= 0.3 is 12.0 Å². The molecule has 2 amide bonds. The van der Waals surface area contributed by atoms with Crippen LogP contribution in [0.5, 0.6) is 0 Å². The van der Waals surface area contributed by atoms with Gasteiger partial charge in [0, 0.05) is 7.05 Å². The maximum Gasteiger partial charge on any atom is 0.329 e. The average molecular weight is 308 g/mol. The van der Waals surface area contributed by atoms with Gasteiger partial charge in [-0.1, -0.05) is 20.3 Å². The van der Waals surface area contributed by atoms with Crippen molar-refractivity contribution >= 4 is 21.8 Å². The van der Waals surface area contributed by atoms with E-state index in [-0.39, 0.29) is 12.4 Å². The molecule has 1 atom stereocenters. The maximum absolute atomic E-state index is 11.9. The summed E-state index contributed by atoms with van der Waals surface area (Å²) in [7, 11) is -2.03. The predicted molar refractivity (Wildman–Crippen MR) is 76.2 cm³/mol. The molecule has 0 fully saturated rings. The van der Waals surface area contributed by atoms with Crippen molar-refractivity contribution in [2.75, 3.05) is 25.2 Å². The first kappa shape index (κ1) is 18.7. The van der Waals surface area contributed by atoms with E-state index in [1.165, 1.54) is 7.05 Å². The molecule has 0 radical (unpaired) electrons. The fourth-order valence-corrected chi connectivity index (χ4v) is 3.03. The van der Waals surface area contributed by atoms with E-state index in [0.29, 0.717) is 12.8 Å². The molecule has 7 nitrogen and oxygen atoms in total. The number of hydrogen-bond donors (Lipinski definition) is 2. The molecule has 8 heteroatoms. The van der Waals surface area contributed by atoms with Crippen molar-refractivity contribution < 1.29 is 22.7 Å². The van der Waals surface area contributed by atoms with Gasteiger partial charge in [-0.05, 0) is 12.8 Å². The second-order valence-corrected chi connectivity index (χ2v) is 6.64. The number of hydrogen-bond acceptors (Lipinski definition) is 5. The summed E-state index contributed by atoms with van der Waals surface area (Å²) in [6.07, 6.45) is 1.90. The molecule has 0 aromatic heterocycles. The molecule has 0 spiro atoms. The summed E-state index contributed by atoms with van der Waals surface area (Å²) in [5, 5.41) is 4.59. The molecule has 0 aromatic carbocycles. The fraction of sp³-hybridized carbons (Fsp3) is 0.833. The zero-order valence-corrected chi connectivity index (χ0v) is 13.1. The van der Waals surface area contributed by atoms with Gasteiger partial charge in [-0.3, -0.25) is 0 Å². The van der Waals surface area contributed by atoms with E-state index in [1.807, 2.05) is 13.8 Å². The molecule has 0 aliphatic carbocycles. The number of ether oxygens (including phenoxy) is 1. The number of urea groups is 1. The van der Waals surface area contributed by atoms with Gasteiger partial charge in [0.15, 0.2) is 9.84 Å². The summed E-state index contributed by atoms with van der Waals surface area (Å²) >= 11 is 0. The molecule has 0 aliphatic rings. The van der Waals surface area contributed by atoms with E-state index < -0.39 is 33.6 Å². The van der Waals surface area contributed by atoms with Crippen LogP contribution in [0.1, 0.15) is 33.1 Å². The molecule has 2 N–H and O–H groups in total. The summed E-state index contributed by atoms with van der Waals surface area (Å²) in [6.45, 7) is 3.90. The highest BCUT2D eigenvalue weighted by atomic mass is 32.2. The summed E-state index contributed by atoms with van der Waals surface area (Å²) < 4.78 is 28.6. The number of carbonyl (C=O) groups is 2. The number of esters is 1. The molecule has 0 aliphatic heterocycles. The Kier molecular flexibility index (Phi) is 8.94. The van der Waals surface area contributed by atoms with Gasteiger partial charge < -0.3 is 15.4 Å². The minimum Gasteiger partial charge on any atom is -0.464 e. The molecule has 0 heterocycles. The lowest BCUT2D eigenvalue weighted by Gasteiger charge is -2.17.